The summed E-state index contributed by atoms with van der Waals surface area (Å²) in [6, 6.07) is 13.5. The Hall–Kier alpha value is -3.38. The molecule has 2 aromatic heterocycles. The van der Waals surface area contributed by atoms with Crippen LogP contribution in [0.4, 0.5) is 0 Å². The first-order valence-electron chi connectivity index (χ1n) is 11.2. The van der Waals surface area contributed by atoms with Gasteiger partial charge in [-0.3, -0.25) is 14.9 Å². The largest absolute Gasteiger partial charge is 0.493 e. The minimum atomic E-state index is -0.00480. The number of H-pyrrole nitrogens is 1. The van der Waals surface area contributed by atoms with E-state index in [1.807, 2.05) is 60.5 Å². The Bertz CT molecular complexity index is 1300. The lowest BCUT2D eigenvalue weighted by molar-refractivity contribution is 0.0557. The average molecular weight is 461 g/mol. The molecule has 6 nitrogen and oxygen atoms in total. The Labute approximate surface area is 197 Å². The summed E-state index contributed by atoms with van der Waals surface area (Å²) < 4.78 is 5.93. The minimum absolute atomic E-state index is 0.00480. The lowest BCUT2D eigenvalue weighted by Gasteiger charge is -2.38. The Kier molecular flexibility index (Phi) is 6.01. The predicted octanol–water partition coefficient (Wildman–Crippen LogP) is 5.87. The van der Waals surface area contributed by atoms with E-state index in [4.69, 9.17) is 16.3 Å². The van der Waals surface area contributed by atoms with E-state index < -0.39 is 0 Å². The number of aromatic nitrogens is 3. The zero-order valence-electron chi connectivity index (χ0n) is 18.4. The van der Waals surface area contributed by atoms with Crippen molar-refractivity contribution in [2.24, 2.45) is 0 Å². The van der Waals surface area contributed by atoms with E-state index in [0.29, 0.717) is 29.5 Å². The highest BCUT2D eigenvalue weighted by atomic mass is 35.5. The van der Waals surface area contributed by atoms with Crippen molar-refractivity contribution in [1.29, 1.82) is 0 Å². The molecule has 7 heteroatoms. The number of carbonyl (C=O) groups excluding carboxylic acids is 1. The van der Waals surface area contributed by atoms with Crippen molar-refractivity contribution in [2.45, 2.75) is 38.8 Å². The van der Waals surface area contributed by atoms with Crippen molar-refractivity contribution in [3.8, 4) is 16.9 Å². The van der Waals surface area contributed by atoms with Gasteiger partial charge in [0.25, 0.3) is 5.91 Å². The molecule has 1 amide bonds. The quantitative estimate of drug-likeness (QED) is 0.374. The number of hydrogen-bond donors (Lipinski definition) is 1. The van der Waals surface area contributed by atoms with Gasteiger partial charge in [-0.05, 0) is 62.1 Å². The molecule has 2 heterocycles. The maximum absolute atomic E-state index is 13.7. The molecule has 0 radical (unpaired) electrons. The summed E-state index contributed by atoms with van der Waals surface area (Å²) >= 11 is 6.20. The second kappa shape index (κ2) is 9.24. The molecule has 1 N–H and O–H groups in total. The molecule has 0 saturated heterocycles. The van der Waals surface area contributed by atoms with Gasteiger partial charge in [-0.25, -0.2) is 0 Å². The third kappa shape index (κ3) is 4.31. The van der Waals surface area contributed by atoms with Crippen molar-refractivity contribution in [3.05, 3.63) is 77.2 Å². The fourth-order valence-corrected chi connectivity index (χ4v) is 4.47. The Balaban J connectivity index is 1.49. The molecular formula is C26H25ClN4O2. The zero-order chi connectivity index (χ0) is 22.8. The number of hydrogen-bond acceptors (Lipinski definition) is 4. The number of ether oxygens (including phenoxy) is 1. The van der Waals surface area contributed by atoms with Crippen LogP contribution in [-0.2, 0) is 6.54 Å². The van der Waals surface area contributed by atoms with Crippen molar-refractivity contribution < 1.29 is 9.53 Å². The fourth-order valence-electron chi connectivity index (χ4n) is 4.28. The van der Waals surface area contributed by atoms with E-state index in [9.17, 15) is 4.79 Å². The van der Waals surface area contributed by atoms with Crippen molar-refractivity contribution in [1.82, 2.24) is 20.1 Å². The van der Waals surface area contributed by atoms with Crippen LogP contribution in [0.1, 0.15) is 42.1 Å². The fraction of sp³-hybridized carbons (Fsp3) is 0.269. The molecule has 1 fully saturated rings. The normalized spacial score (nSPS) is 13.6. The molecule has 0 spiro atoms. The van der Waals surface area contributed by atoms with Crippen LogP contribution in [0.2, 0.25) is 5.02 Å². The van der Waals surface area contributed by atoms with Gasteiger partial charge in [-0.1, -0.05) is 23.7 Å². The highest BCUT2D eigenvalue weighted by Crippen LogP contribution is 2.34. The summed E-state index contributed by atoms with van der Waals surface area (Å²) in [4.78, 5) is 20.0. The highest BCUT2D eigenvalue weighted by Gasteiger charge is 2.30. The Morgan fingerprint density at radius 2 is 2.06 bits per heavy atom. The number of pyridine rings is 1. The van der Waals surface area contributed by atoms with Gasteiger partial charge in [0.2, 0.25) is 0 Å². The molecule has 4 aromatic rings. The van der Waals surface area contributed by atoms with E-state index in [2.05, 4.69) is 15.2 Å². The Morgan fingerprint density at radius 1 is 1.18 bits per heavy atom. The van der Waals surface area contributed by atoms with Crippen LogP contribution in [0.15, 0.2) is 61.1 Å². The molecular weight excluding hydrogens is 436 g/mol. The second-order valence-electron chi connectivity index (χ2n) is 8.30. The van der Waals surface area contributed by atoms with E-state index in [0.717, 1.165) is 46.9 Å². The molecule has 0 bridgehead atoms. The van der Waals surface area contributed by atoms with Crippen molar-refractivity contribution >= 4 is 28.4 Å². The minimum Gasteiger partial charge on any atom is -0.493 e. The molecule has 5 rings (SSSR count). The number of aromatic amines is 1. The van der Waals surface area contributed by atoms with E-state index in [1.165, 1.54) is 0 Å². The zero-order valence-corrected chi connectivity index (χ0v) is 19.2. The smallest absolute Gasteiger partial charge is 0.254 e. The topological polar surface area (TPSA) is 71.1 Å². The van der Waals surface area contributed by atoms with Crippen LogP contribution in [0, 0.1) is 0 Å². The van der Waals surface area contributed by atoms with Gasteiger partial charge in [0.15, 0.2) is 0 Å². The summed E-state index contributed by atoms with van der Waals surface area (Å²) in [6.45, 7) is 2.93. The Morgan fingerprint density at radius 3 is 2.82 bits per heavy atom. The van der Waals surface area contributed by atoms with Gasteiger partial charge >= 0.3 is 0 Å². The molecule has 0 atom stereocenters. The third-order valence-corrected chi connectivity index (χ3v) is 6.45. The van der Waals surface area contributed by atoms with Crippen LogP contribution < -0.4 is 4.74 Å². The molecule has 1 saturated carbocycles. The summed E-state index contributed by atoms with van der Waals surface area (Å²) in [5.74, 6) is 0.673. The average Bonchev–Trinajstić information content (AvgIpc) is 3.27. The lowest BCUT2D eigenvalue weighted by Crippen LogP contribution is -2.43. The maximum Gasteiger partial charge on any atom is 0.254 e. The number of fused-ring (bicyclic) bond motifs is 1. The van der Waals surface area contributed by atoms with Gasteiger partial charge in [0, 0.05) is 52.1 Å². The molecule has 1 aliphatic rings. The van der Waals surface area contributed by atoms with E-state index >= 15 is 0 Å². The number of nitrogens with one attached hydrogen (secondary N) is 1. The number of halogens is 1. The van der Waals surface area contributed by atoms with E-state index in [1.54, 1.807) is 12.4 Å². The maximum atomic E-state index is 13.7. The molecule has 1 aliphatic carbocycles. The number of carbonyl (C=O) groups is 1. The molecule has 2 aromatic carbocycles. The van der Waals surface area contributed by atoms with Crippen molar-refractivity contribution in [2.75, 3.05) is 6.61 Å². The van der Waals surface area contributed by atoms with Gasteiger partial charge in [-0.2, -0.15) is 5.10 Å². The monoisotopic (exact) mass is 460 g/mol. The van der Waals surface area contributed by atoms with Crippen LogP contribution >= 0.6 is 11.6 Å². The first kappa shape index (κ1) is 21.5. The molecule has 0 unspecified atom stereocenters. The van der Waals surface area contributed by atoms with Crippen LogP contribution in [0.25, 0.3) is 22.0 Å². The standard InChI is InChI=1S/C26H25ClN4O2/c1-2-33-24-12-18(9-10-23(24)17-5-3-6-21(27)11-17)26(32)31(22-7-4-8-22)16-20-14-28-13-19-15-29-30-25(19)20/h3,5-6,9-15,22H,2,4,7-8,16H2,1H3,(H,29,30). The van der Waals surface area contributed by atoms with Gasteiger partial charge in [-0.15, -0.1) is 0 Å². The molecule has 33 heavy (non-hydrogen) atoms. The third-order valence-electron chi connectivity index (χ3n) is 6.21. The van der Waals surface area contributed by atoms with Gasteiger partial charge in [0.1, 0.15) is 5.75 Å². The predicted molar refractivity (Wildman–Crippen MR) is 129 cm³/mol. The van der Waals surface area contributed by atoms with Crippen molar-refractivity contribution in [3.63, 3.8) is 0 Å². The highest BCUT2D eigenvalue weighted by molar-refractivity contribution is 6.30. The van der Waals surface area contributed by atoms with Gasteiger partial charge in [0.05, 0.1) is 18.3 Å². The summed E-state index contributed by atoms with van der Waals surface area (Å²) in [7, 11) is 0. The van der Waals surface area contributed by atoms with E-state index in [-0.39, 0.29) is 11.9 Å². The first-order chi connectivity index (χ1) is 16.1. The summed E-state index contributed by atoms with van der Waals surface area (Å²) in [5.41, 5.74) is 4.37. The van der Waals surface area contributed by atoms with Gasteiger partial charge < -0.3 is 9.64 Å². The molecule has 168 valence electrons. The summed E-state index contributed by atoms with van der Waals surface area (Å²) in [5, 5.41) is 8.78. The second-order valence-corrected chi connectivity index (χ2v) is 8.74. The SMILES string of the molecule is CCOc1cc(C(=O)N(Cc2cncc3cn[nH]c23)C2CCC2)ccc1-c1cccc(Cl)c1. The van der Waals surface area contributed by atoms with Crippen LogP contribution in [-0.4, -0.2) is 38.6 Å². The summed E-state index contributed by atoms with van der Waals surface area (Å²) in [6.07, 6.45) is 8.51. The number of amides is 1. The molecule has 0 aliphatic heterocycles. The number of rotatable bonds is 7. The lowest BCUT2D eigenvalue weighted by atomic mass is 9.90. The van der Waals surface area contributed by atoms with Crippen LogP contribution in [0.3, 0.4) is 0 Å². The number of benzene rings is 2. The van der Waals surface area contributed by atoms with Crippen LogP contribution in [0.5, 0.6) is 5.75 Å². The first-order valence-corrected chi connectivity index (χ1v) is 11.6. The number of nitrogens with zero attached hydrogens (tertiary/aromatic N) is 3.